The molecule has 0 atom stereocenters. The molecule has 0 radical (unpaired) electrons. The van der Waals surface area contributed by atoms with Gasteiger partial charge in [-0.1, -0.05) is 23.5 Å². The summed E-state index contributed by atoms with van der Waals surface area (Å²) in [5.41, 5.74) is -0.663. The van der Waals surface area contributed by atoms with Gasteiger partial charge in [-0.3, -0.25) is 5.32 Å². The highest BCUT2D eigenvalue weighted by molar-refractivity contribution is 7.15. The average molecular weight is 412 g/mol. The van der Waals surface area contributed by atoms with Gasteiger partial charge in [-0.15, -0.1) is 10.2 Å². The Morgan fingerprint density at radius 1 is 1.14 bits per heavy atom. The van der Waals surface area contributed by atoms with Crippen molar-refractivity contribution in [3.63, 3.8) is 0 Å². The van der Waals surface area contributed by atoms with Gasteiger partial charge in [-0.2, -0.15) is 13.2 Å². The smallest absolute Gasteiger partial charge is 0.381 e. The molecule has 1 aromatic carbocycles. The first-order valence-corrected chi connectivity index (χ1v) is 9.85. The summed E-state index contributed by atoms with van der Waals surface area (Å²) >= 11 is 1.34. The summed E-state index contributed by atoms with van der Waals surface area (Å²) in [6.07, 6.45) is -1.25. The fourth-order valence-corrected chi connectivity index (χ4v) is 4.24. The van der Waals surface area contributed by atoms with Crippen LogP contribution in [-0.4, -0.2) is 29.4 Å². The van der Waals surface area contributed by atoms with E-state index in [1.807, 2.05) is 0 Å². The van der Waals surface area contributed by atoms with Gasteiger partial charge >= 0.3 is 12.2 Å². The molecule has 6 nitrogen and oxygen atoms in total. The Bertz CT molecular complexity index is 843. The maximum absolute atomic E-state index is 12.7. The minimum Gasteiger partial charge on any atom is -0.381 e. The zero-order chi connectivity index (χ0) is 19.8. The van der Waals surface area contributed by atoms with E-state index in [2.05, 4.69) is 20.8 Å². The lowest BCUT2D eigenvalue weighted by Crippen LogP contribution is -2.38. The number of carbonyl (C=O) groups is 1. The van der Waals surface area contributed by atoms with Crippen LogP contribution in [0.2, 0.25) is 0 Å². The lowest BCUT2D eigenvalue weighted by atomic mass is 10.0. The van der Waals surface area contributed by atoms with Crippen molar-refractivity contribution in [2.75, 3.05) is 18.5 Å². The van der Waals surface area contributed by atoms with E-state index in [4.69, 9.17) is 4.74 Å². The van der Waals surface area contributed by atoms with Gasteiger partial charge in [0.15, 0.2) is 0 Å². The molecule has 1 aromatic heterocycles. The molecule has 2 N–H and O–H groups in total. The van der Waals surface area contributed by atoms with Crippen LogP contribution in [0.25, 0.3) is 0 Å². The highest BCUT2D eigenvalue weighted by atomic mass is 32.1. The SMILES string of the molecule is O=C(Nc1nnc(C2CCOCC2)s1)NC1(c2ccc(C(F)(F)F)cc2)CC1. The Balaban J connectivity index is 1.38. The Labute approximate surface area is 163 Å². The maximum atomic E-state index is 12.7. The van der Waals surface area contributed by atoms with E-state index in [1.54, 1.807) is 0 Å². The lowest BCUT2D eigenvalue weighted by Gasteiger charge is -2.19. The number of hydrogen-bond donors (Lipinski definition) is 2. The number of nitrogens with zero attached hydrogens (tertiary/aromatic N) is 2. The predicted octanol–water partition coefficient (Wildman–Crippen LogP) is 4.26. The molecule has 2 fully saturated rings. The Kier molecular flexibility index (Phi) is 5.00. The minimum absolute atomic E-state index is 0.298. The third-order valence-corrected chi connectivity index (χ3v) is 6.10. The molecule has 2 amide bonds. The third kappa shape index (κ3) is 4.12. The van der Waals surface area contributed by atoms with Gasteiger partial charge in [0.25, 0.3) is 0 Å². The van der Waals surface area contributed by atoms with Crippen molar-refractivity contribution in [3.8, 4) is 0 Å². The second kappa shape index (κ2) is 7.32. The summed E-state index contributed by atoms with van der Waals surface area (Å²) < 4.78 is 43.5. The van der Waals surface area contributed by atoms with Crippen molar-refractivity contribution in [3.05, 3.63) is 40.4 Å². The molecule has 1 saturated heterocycles. The van der Waals surface area contributed by atoms with Gasteiger partial charge in [0.2, 0.25) is 5.13 Å². The van der Waals surface area contributed by atoms with Crippen molar-refractivity contribution >= 4 is 22.5 Å². The largest absolute Gasteiger partial charge is 0.416 e. The minimum atomic E-state index is -4.37. The lowest BCUT2D eigenvalue weighted by molar-refractivity contribution is -0.137. The van der Waals surface area contributed by atoms with Gasteiger partial charge in [0, 0.05) is 19.1 Å². The van der Waals surface area contributed by atoms with Crippen LogP contribution in [0.15, 0.2) is 24.3 Å². The second-order valence-corrected chi connectivity index (χ2v) is 8.08. The molecule has 150 valence electrons. The van der Waals surface area contributed by atoms with Crippen LogP contribution < -0.4 is 10.6 Å². The van der Waals surface area contributed by atoms with E-state index in [-0.39, 0.29) is 0 Å². The standard InChI is InChI=1S/C18H19F3N4O2S/c19-18(20,21)13-3-1-12(2-4-13)17(7-8-17)23-15(26)22-16-25-24-14(28-16)11-5-9-27-10-6-11/h1-4,11H,5-10H2,(H2,22,23,25,26). The first kappa shape index (κ1) is 19.1. The summed E-state index contributed by atoms with van der Waals surface area (Å²) in [6.45, 7) is 1.40. The van der Waals surface area contributed by atoms with Crippen molar-refractivity contribution in [1.29, 1.82) is 0 Å². The van der Waals surface area contributed by atoms with Gasteiger partial charge in [0.1, 0.15) is 5.01 Å². The number of amides is 2. The molecule has 1 aliphatic heterocycles. The first-order valence-electron chi connectivity index (χ1n) is 9.04. The number of alkyl halides is 3. The highest BCUT2D eigenvalue weighted by Crippen LogP contribution is 2.46. The summed E-state index contributed by atoms with van der Waals surface area (Å²) in [4.78, 5) is 12.4. The van der Waals surface area contributed by atoms with Crippen LogP contribution in [-0.2, 0) is 16.5 Å². The third-order valence-electron chi connectivity index (χ3n) is 5.10. The topological polar surface area (TPSA) is 76.1 Å². The molecular formula is C18H19F3N4O2S. The summed E-state index contributed by atoms with van der Waals surface area (Å²) in [6, 6.07) is 4.49. The second-order valence-electron chi connectivity index (χ2n) is 7.07. The average Bonchev–Trinajstić information content (AvgIpc) is 3.30. The molecule has 2 aromatic rings. The number of aromatic nitrogens is 2. The van der Waals surface area contributed by atoms with Gasteiger partial charge in [0.05, 0.1) is 11.1 Å². The molecule has 0 spiro atoms. The highest BCUT2D eigenvalue weighted by Gasteiger charge is 2.46. The number of nitrogens with one attached hydrogen (secondary N) is 2. The number of benzene rings is 1. The van der Waals surface area contributed by atoms with Crippen molar-refractivity contribution < 1.29 is 22.7 Å². The Morgan fingerprint density at radius 3 is 2.43 bits per heavy atom. The van der Waals surface area contributed by atoms with E-state index in [9.17, 15) is 18.0 Å². The summed E-state index contributed by atoms with van der Waals surface area (Å²) in [5.74, 6) is 0.298. The van der Waals surface area contributed by atoms with Crippen LogP contribution in [0.3, 0.4) is 0 Å². The maximum Gasteiger partial charge on any atom is 0.416 e. The molecule has 2 aliphatic rings. The number of halogens is 3. The Morgan fingerprint density at radius 2 is 1.82 bits per heavy atom. The van der Waals surface area contributed by atoms with Crippen molar-refractivity contribution in [1.82, 2.24) is 15.5 Å². The zero-order valence-corrected chi connectivity index (χ0v) is 15.7. The molecule has 1 aliphatic carbocycles. The number of urea groups is 1. The van der Waals surface area contributed by atoms with Crippen LogP contribution in [0, 0.1) is 0 Å². The number of anilines is 1. The van der Waals surface area contributed by atoms with Gasteiger partial charge in [-0.25, -0.2) is 4.79 Å². The van der Waals surface area contributed by atoms with E-state index in [0.717, 1.165) is 30.0 Å². The number of carbonyl (C=O) groups excluding carboxylic acids is 1. The van der Waals surface area contributed by atoms with Crippen LogP contribution in [0.4, 0.5) is 23.1 Å². The molecular weight excluding hydrogens is 393 g/mol. The fourth-order valence-electron chi connectivity index (χ4n) is 3.33. The van der Waals surface area contributed by atoms with Crippen LogP contribution >= 0.6 is 11.3 Å². The molecule has 1 saturated carbocycles. The molecule has 4 rings (SSSR count). The van der Waals surface area contributed by atoms with E-state index < -0.39 is 23.3 Å². The molecule has 0 bridgehead atoms. The zero-order valence-electron chi connectivity index (χ0n) is 14.9. The predicted molar refractivity (Wildman–Crippen MR) is 97.2 cm³/mol. The van der Waals surface area contributed by atoms with Crippen molar-refractivity contribution in [2.24, 2.45) is 0 Å². The normalized spacial score (nSPS) is 19.2. The quantitative estimate of drug-likeness (QED) is 0.787. The Hall–Kier alpha value is -2.20. The van der Waals surface area contributed by atoms with Crippen molar-refractivity contribution in [2.45, 2.75) is 43.3 Å². The summed E-state index contributed by atoms with van der Waals surface area (Å²) in [5, 5.41) is 15.0. The molecule has 0 unspecified atom stereocenters. The molecule has 2 heterocycles. The van der Waals surface area contributed by atoms with E-state index in [1.165, 1.54) is 23.5 Å². The van der Waals surface area contributed by atoms with Gasteiger partial charge < -0.3 is 10.1 Å². The number of rotatable bonds is 4. The molecule has 28 heavy (non-hydrogen) atoms. The summed E-state index contributed by atoms with van der Waals surface area (Å²) in [7, 11) is 0. The van der Waals surface area contributed by atoms with Crippen LogP contribution in [0.1, 0.15) is 47.7 Å². The first-order chi connectivity index (χ1) is 13.4. The number of ether oxygens (including phenoxy) is 1. The fraction of sp³-hybridized carbons (Fsp3) is 0.500. The molecule has 10 heteroatoms. The van der Waals surface area contributed by atoms with E-state index >= 15 is 0 Å². The van der Waals surface area contributed by atoms with Crippen LogP contribution in [0.5, 0.6) is 0 Å². The monoisotopic (exact) mass is 412 g/mol. The van der Waals surface area contributed by atoms with Gasteiger partial charge in [-0.05, 0) is 43.4 Å². The van der Waals surface area contributed by atoms with E-state index in [0.29, 0.717) is 42.7 Å². The number of hydrogen-bond acceptors (Lipinski definition) is 5.